The molecule has 0 saturated heterocycles. The van der Waals surface area contributed by atoms with Crippen LogP contribution in [0.3, 0.4) is 0 Å². The van der Waals surface area contributed by atoms with Crippen molar-refractivity contribution >= 4 is 0 Å². The molecule has 0 aliphatic heterocycles. The summed E-state index contributed by atoms with van der Waals surface area (Å²) in [5, 5.41) is 3.43. The molecule has 1 N–H and O–H groups in total. The summed E-state index contributed by atoms with van der Waals surface area (Å²) in [5.74, 6) is 1.01. The Labute approximate surface area is 111 Å². The van der Waals surface area contributed by atoms with E-state index in [0.29, 0.717) is 0 Å². The highest BCUT2D eigenvalue weighted by atomic mass is 16.5. The zero-order valence-corrected chi connectivity index (χ0v) is 11.9. The van der Waals surface area contributed by atoms with E-state index in [9.17, 15) is 0 Å². The Kier molecular flexibility index (Phi) is 7.46. The van der Waals surface area contributed by atoms with Gasteiger partial charge in [0.2, 0.25) is 0 Å². The smallest absolute Gasteiger partial charge is 0.122 e. The van der Waals surface area contributed by atoms with Crippen molar-refractivity contribution < 1.29 is 4.74 Å². The van der Waals surface area contributed by atoms with Crippen molar-refractivity contribution in [2.24, 2.45) is 0 Å². The number of para-hydroxylation sites is 1. The van der Waals surface area contributed by atoms with Crippen molar-refractivity contribution in [2.75, 3.05) is 40.3 Å². The Morgan fingerprint density at radius 3 is 2.61 bits per heavy atom. The highest BCUT2D eigenvalue weighted by molar-refractivity contribution is 5.31. The van der Waals surface area contributed by atoms with E-state index < -0.39 is 0 Å². The normalized spacial score (nSPS) is 10.9. The molecule has 3 heteroatoms. The quantitative estimate of drug-likeness (QED) is 0.681. The molecule has 0 spiro atoms. The van der Waals surface area contributed by atoms with E-state index in [1.807, 2.05) is 18.2 Å². The Morgan fingerprint density at radius 1 is 1.11 bits per heavy atom. The molecule has 0 atom stereocenters. The molecule has 0 unspecified atom stereocenters. The molecule has 1 rings (SSSR count). The van der Waals surface area contributed by atoms with Crippen LogP contribution in [0.25, 0.3) is 0 Å². The molecule has 1 aromatic rings. The minimum Gasteiger partial charge on any atom is -0.493 e. The van der Waals surface area contributed by atoms with Crippen LogP contribution in [-0.4, -0.2) is 45.2 Å². The molecular weight excluding hydrogens is 224 g/mol. The molecule has 0 aliphatic carbocycles. The third kappa shape index (κ3) is 6.62. The molecule has 102 valence electrons. The van der Waals surface area contributed by atoms with Gasteiger partial charge in [-0.3, -0.25) is 0 Å². The van der Waals surface area contributed by atoms with Gasteiger partial charge in [-0.25, -0.2) is 0 Å². The summed E-state index contributed by atoms with van der Waals surface area (Å²) >= 11 is 0. The number of rotatable bonds is 9. The first kappa shape index (κ1) is 15.0. The van der Waals surface area contributed by atoms with Crippen LogP contribution < -0.4 is 10.1 Å². The zero-order chi connectivity index (χ0) is 13.2. The minimum atomic E-state index is 0.806. The molecule has 18 heavy (non-hydrogen) atoms. The third-order valence-corrected chi connectivity index (χ3v) is 2.83. The fourth-order valence-corrected chi connectivity index (χ4v) is 1.68. The van der Waals surface area contributed by atoms with Crippen LogP contribution >= 0.6 is 0 Å². The average Bonchev–Trinajstić information content (AvgIpc) is 2.34. The summed E-state index contributed by atoms with van der Waals surface area (Å²) in [5.41, 5.74) is 1.21. The van der Waals surface area contributed by atoms with Crippen LogP contribution in [0.15, 0.2) is 24.3 Å². The number of aryl methyl sites for hydroxylation is 1. The van der Waals surface area contributed by atoms with Gasteiger partial charge in [-0.1, -0.05) is 18.2 Å². The fourth-order valence-electron chi connectivity index (χ4n) is 1.68. The molecule has 0 fully saturated rings. The Balaban J connectivity index is 1.98. The monoisotopic (exact) mass is 250 g/mol. The van der Waals surface area contributed by atoms with Crippen molar-refractivity contribution in [2.45, 2.75) is 19.8 Å². The number of nitrogens with one attached hydrogen (secondary N) is 1. The molecule has 1 aromatic carbocycles. The van der Waals surface area contributed by atoms with Crippen LogP contribution in [0, 0.1) is 6.92 Å². The van der Waals surface area contributed by atoms with E-state index in [1.54, 1.807) is 0 Å². The lowest BCUT2D eigenvalue weighted by molar-refractivity contribution is 0.303. The van der Waals surface area contributed by atoms with Gasteiger partial charge in [0, 0.05) is 13.1 Å². The zero-order valence-electron chi connectivity index (χ0n) is 11.9. The van der Waals surface area contributed by atoms with Gasteiger partial charge in [0.15, 0.2) is 0 Å². The molecule has 0 heterocycles. The van der Waals surface area contributed by atoms with E-state index in [-0.39, 0.29) is 0 Å². The Hall–Kier alpha value is -1.06. The summed E-state index contributed by atoms with van der Waals surface area (Å²) in [6.45, 7) is 6.12. The molecule has 0 radical (unpaired) electrons. The number of hydrogen-bond donors (Lipinski definition) is 1. The number of hydrogen-bond acceptors (Lipinski definition) is 3. The summed E-state index contributed by atoms with van der Waals surface area (Å²) in [6.07, 6.45) is 2.27. The number of likely N-dealkylation sites (N-methyl/N-ethyl adjacent to an activating group) is 1. The lowest BCUT2D eigenvalue weighted by Gasteiger charge is -2.11. The van der Waals surface area contributed by atoms with Crippen molar-refractivity contribution in [3.05, 3.63) is 29.8 Å². The molecular formula is C15H26N2O. The maximum absolute atomic E-state index is 5.75. The maximum Gasteiger partial charge on any atom is 0.122 e. The lowest BCUT2D eigenvalue weighted by Crippen LogP contribution is -2.27. The predicted octanol–water partition coefficient (Wildman–Crippen LogP) is 2.31. The van der Waals surface area contributed by atoms with Crippen LogP contribution in [0.4, 0.5) is 0 Å². The second kappa shape index (κ2) is 8.95. The van der Waals surface area contributed by atoms with Crippen LogP contribution in [0.1, 0.15) is 18.4 Å². The van der Waals surface area contributed by atoms with Crippen LogP contribution in [-0.2, 0) is 0 Å². The van der Waals surface area contributed by atoms with Crippen molar-refractivity contribution in [3.63, 3.8) is 0 Å². The van der Waals surface area contributed by atoms with Gasteiger partial charge < -0.3 is 15.0 Å². The van der Waals surface area contributed by atoms with E-state index in [0.717, 1.165) is 38.4 Å². The average molecular weight is 250 g/mol. The van der Waals surface area contributed by atoms with E-state index in [2.05, 4.69) is 37.3 Å². The first-order valence-electron chi connectivity index (χ1n) is 6.74. The van der Waals surface area contributed by atoms with Gasteiger partial charge in [0.25, 0.3) is 0 Å². The molecule has 0 bridgehead atoms. The van der Waals surface area contributed by atoms with Crippen molar-refractivity contribution in [1.82, 2.24) is 10.2 Å². The number of nitrogens with zero attached hydrogens (tertiary/aromatic N) is 1. The molecule has 0 saturated carbocycles. The topological polar surface area (TPSA) is 24.5 Å². The van der Waals surface area contributed by atoms with E-state index in [1.165, 1.54) is 12.0 Å². The SMILES string of the molecule is Cc1ccccc1OCCCCNCCN(C)C. The molecule has 0 aromatic heterocycles. The summed E-state index contributed by atoms with van der Waals surface area (Å²) in [7, 11) is 4.19. The maximum atomic E-state index is 5.75. The summed E-state index contributed by atoms with van der Waals surface area (Å²) in [6, 6.07) is 8.17. The van der Waals surface area contributed by atoms with Crippen LogP contribution in [0.2, 0.25) is 0 Å². The molecule has 0 amide bonds. The third-order valence-electron chi connectivity index (χ3n) is 2.83. The summed E-state index contributed by atoms with van der Waals surface area (Å²) in [4.78, 5) is 2.19. The second-order valence-corrected chi connectivity index (χ2v) is 4.87. The standard InChI is InChI=1S/C15H26N2O/c1-14-8-4-5-9-15(14)18-13-7-6-10-16-11-12-17(2)3/h4-5,8-9,16H,6-7,10-13H2,1-3H3. The second-order valence-electron chi connectivity index (χ2n) is 4.87. The predicted molar refractivity (Wildman–Crippen MR) is 77.3 cm³/mol. The van der Waals surface area contributed by atoms with Gasteiger partial charge in [-0.2, -0.15) is 0 Å². The first-order valence-corrected chi connectivity index (χ1v) is 6.74. The first-order chi connectivity index (χ1) is 8.70. The van der Waals surface area contributed by atoms with E-state index >= 15 is 0 Å². The van der Waals surface area contributed by atoms with E-state index in [4.69, 9.17) is 4.74 Å². The molecule has 0 aliphatic rings. The molecule has 3 nitrogen and oxygen atoms in total. The van der Waals surface area contributed by atoms with Gasteiger partial charge in [0.1, 0.15) is 5.75 Å². The highest BCUT2D eigenvalue weighted by Gasteiger charge is 1.97. The van der Waals surface area contributed by atoms with Crippen LogP contribution in [0.5, 0.6) is 5.75 Å². The largest absolute Gasteiger partial charge is 0.493 e. The van der Waals surface area contributed by atoms with Crippen molar-refractivity contribution in [1.29, 1.82) is 0 Å². The fraction of sp³-hybridized carbons (Fsp3) is 0.600. The van der Waals surface area contributed by atoms with Gasteiger partial charge in [-0.05, 0) is 52.0 Å². The summed E-state index contributed by atoms with van der Waals surface area (Å²) < 4.78 is 5.75. The van der Waals surface area contributed by atoms with Gasteiger partial charge >= 0.3 is 0 Å². The number of unbranched alkanes of at least 4 members (excludes halogenated alkanes) is 1. The number of ether oxygens (including phenoxy) is 1. The minimum absolute atomic E-state index is 0.806. The van der Waals surface area contributed by atoms with Crippen molar-refractivity contribution in [3.8, 4) is 5.75 Å². The highest BCUT2D eigenvalue weighted by Crippen LogP contribution is 2.16. The number of benzene rings is 1. The lowest BCUT2D eigenvalue weighted by atomic mass is 10.2. The Morgan fingerprint density at radius 2 is 1.89 bits per heavy atom. The Bertz CT molecular complexity index is 326. The van der Waals surface area contributed by atoms with Gasteiger partial charge in [-0.15, -0.1) is 0 Å². The van der Waals surface area contributed by atoms with Gasteiger partial charge in [0.05, 0.1) is 6.61 Å².